The van der Waals surface area contributed by atoms with Gasteiger partial charge in [0.2, 0.25) is 0 Å². The maximum atomic E-state index is 6.41. The number of fused-ring (bicyclic) bond motifs is 12. The minimum Gasteiger partial charge on any atom is -0.453 e. The monoisotopic (exact) mass is 1350 g/mol. The van der Waals surface area contributed by atoms with Gasteiger partial charge in [0.25, 0.3) is 0 Å². The van der Waals surface area contributed by atoms with Crippen LogP contribution in [0.2, 0.25) is 0 Å². The summed E-state index contributed by atoms with van der Waals surface area (Å²) in [4.78, 5) is 7.13. The average Bonchev–Trinajstić information content (AvgIpc) is 1.03. The number of halogens is 2. The number of rotatable bonds is 3. The Labute approximate surface area is 563 Å². The number of ether oxygens (including phenoxy) is 3. The van der Waals surface area contributed by atoms with Gasteiger partial charge in [0, 0.05) is 25.2 Å². The summed E-state index contributed by atoms with van der Waals surface area (Å²) in [5.41, 5.74) is 22.4. The van der Waals surface area contributed by atoms with Crippen LogP contribution in [-0.4, -0.2) is 18.3 Å². The molecule has 93 heavy (non-hydrogen) atoms. The van der Waals surface area contributed by atoms with E-state index in [-0.39, 0.29) is 42.0 Å². The highest BCUT2D eigenvalue weighted by Gasteiger charge is 2.53. The zero-order valence-electron chi connectivity index (χ0n) is 54.2. The van der Waals surface area contributed by atoms with E-state index in [1.165, 1.54) is 72.7 Å². The van der Waals surface area contributed by atoms with E-state index < -0.39 is 0 Å². The van der Waals surface area contributed by atoms with E-state index in [0.29, 0.717) is 0 Å². The Morgan fingerprint density at radius 2 is 0.591 bits per heavy atom. The van der Waals surface area contributed by atoms with E-state index in [2.05, 4.69) is 298 Å². The van der Waals surface area contributed by atoms with E-state index in [9.17, 15) is 0 Å². The van der Waals surface area contributed by atoms with Gasteiger partial charge >= 0.3 is 7.12 Å². The summed E-state index contributed by atoms with van der Waals surface area (Å²) in [6.07, 6.45) is 0. The zero-order chi connectivity index (χ0) is 63.4. The number of hydrogen-bond acceptors (Lipinski definition) is 8. The summed E-state index contributed by atoms with van der Waals surface area (Å²) in [5, 5.41) is 0. The van der Waals surface area contributed by atoms with E-state index in [0.717, 1.165) is 83.0 Å². The van der Waals surface area contributed by atoms with Crippen molar-refractivity contribution in [1.82, 2.24) is 0 Å². The van der Waals surface area contributed by atoms with Crippen LogP contribution in [0.3, 0.4) is 0 Å². The van der Waals surface area contributed by atoms with Crippen LogP contribution in [0.5, 0.6) is 34.5 Å². The minimum absolute atomic E-state index is 0. The molecule has 0 N–H and O–H groups in total. The van der Waals surface area contributed by atoms with Crippen molar-refractivity contribution >= 4 is 95.6 Å². The van der Waals surface area contributed by atoms with Crippen LogP contribution in [0.1, 0.15) is 103 Å². The first-order valence-electron chi connectivity index (χ1n) is 31.6. The molecule has 0 amide bonds. The zero-order valence-corrected chi connectivity index (χ0v) is 57.3. The summed E-state index contributed by atoms with van der Waals surface area (Å²) in [5.74, 6) is 5.35. The van der Waals surface area contributed by atoms with Crippen LogP contribution in [-0.2, 0) is 25.6 Å². The molecule has 1 saturated heterocycles. The first-order chi connectivity index (χ1) is 44.2. The second kappa shape index (κ2) is 21.9. The lowest BCUT2D eigenvalue weighted by Crippen LogP contribution is -2.41. The van der Waals surface area contributed by atoms with E-state index >= 15 is 0 Å². The van der Waals surface area contributed by atoms with E-state index in [4.69, 9.17) is 23.5 Å². The fourth-order valence-corrected chi connectivity index (χ4v) is 15.1. The van der Waals surface area contributed by atoms with E-state index in [1.54, 1.807) is 0 Å². The Morgan fingerprint density at radius 3 is 0.946 bits per heavy atom. The van der Waals surface area contributed by atoms with Gasteiger partial charge in [-0.3, -0.25) is 0 Å². The van der Waals surface area contributed by atoms with Gasteiger partial charge in [0.15, 0.2) is 34.5 Å². The Hall–Kier alpha value is -8.84. The van der Waals surface area contributed by atoms with Crippen molar-refractivity contribution in [3.63, 3.8) is 0 Å². The Balaban J connectivity index is 0.000000148. The van der Waals surface area contributed by atoms with Crippen molar-refractivity contribution in [1.29, 1.82) is 0 Å². The topological polar surface area (TPSA) is 55.9 Å². The van der Waals surface area contributed by atoms with Crippen LogP contribution >= 0.6 is 31.9 Å². The number of anilines is 9. The highest BCUT2D eigenvalue weighted by Crippen LogP contribution is 2.63. The lowest BCUT2D eigenvalue weighted by Gasteiger charge is -2.45. The first-order valence-corrected chi connectivity index (χ1v) is 33.2. The van der Waals surface area contributed by atoms with Crippen molar-refractivity contribution in [2.45, 2.75) is 96.7 Å². The molecule has 7 heterocycles. The molecule has 0 bridgehead atoms. The van der Waals surface area contributed by atoms with Gasteiger partial charge in [0.05, 0.1) is 62.4 Å². The quantitative estimate of drug-likeness (QED) is 0.128. The van der Waals surface area contributed by atoms with Crippen molar-refractivity contribution in [2.24, 2.45) is 0 Å². The third-order valence-electron chi connectivity index (χ3n) is 20.3. The van der Waals surface area contributed by atoms with Crippen LogP contribution < -0.4 is 34.4 Å². The summed E-state index contributed by atoms with van der Waals surface area (Å²) in [6.45, 7) is 22.3. The van der Waals surface area contributed by atoms with Gasteiger partial charge < -0.3 is 45.6 Å². The van der Waals surface area contributed by atoms with Crippen LogP contribution in [0.15, 0.2) is 239 Å². The van der Waals surface area contributed by atoms with Gasteiger partial charge in [-0.2, -0.15) is 0 Å². The third kappa shape index (κ3) is 9.50. The summed E-state index contributed by atoms with van der Waals surface area (Å²) in [7, 11) is -0.384. The highest BCUT2D eigenvalue weighted by atomic mass is 79.9. The molecule has 1 fully saturated rings. The van der Waals surface area contributed by atoms with Gasteiger partial charge in [-0.25, -0.2) is 0 Å². The molecular formula is C82H71BBr2N3O5-. The fourth-order valence-electron chi connectivity index (χ4n) is 14.6. The predicted molar refractivity (Wildman–Crippen MR) is 388 cm³/mol. The molecule has 8 nitrogen and oxygen atoms in total. The molecule has 0 spiro atoms. The molecule has 11 aromatic carbocycles. The largest absolute Gasteiger partial charge is 0.494 e. The molecule has 0 aliphatic carbocycles. The van der Waals surface area contributed by atoms with Crippen molar-refractivity contribution < 1.29 is 23.5 Å². The number of nitrogens with zero attached hydrogens (tertiary/aromatic N) is 3. The summed E-state index contributed by atoms with van der Waals surface area (Å²) >= 11 is 6.65. The Morgan fingerprint density at radius 1 is 0.290 bits per heavy atom. The molecule has 7 aliphatic heterocycles. The second-order valence-corrected chi connectivity index (χ2v) is 29.2. The molecule has 18 rings (SSSR count). The van der Waals surface area contributed by atoms with Gasteiger partial charge in [-0.05, 0) is 198 Å². The predicted octanol–water partition coefficient (Wildman–Crippen LogP) is 23.3. The van der Waals surface area contributed by atoms with Gasteiger partial charge in [-0.15, -0.1) is 0 Å². The number of hydrogen-bond donors (Lipinski definition) is 0. The third-order valence-corrected chi connectivity index (χ3v) is 21.4. The second-order valence-electron chi connectivity index (χ2n) is 27.4. The fraction of sp³-hybridized carbons (Fsp3) is 0.183. The molecule has 0 aromatic heterocycles. The Kier molecular flexibility index (Phi) is 14.2. The maximum absolute atomic E-state index is 6.41. The summed E-state index contributed by atoms with van der Waals surface area (Å²) < 4.78 is 34.1. The lowest BCUT2D eigenvalue weighted by molar-refractivity contribution is 0.00578. The molecule has 11 heteroatoms. The molecule has 462 valence electrons. The molecule has 0 unspecified atom stereocenters. The standard InChI is InChI=1S/C48H36N2O2.C27H28BNO3.C6H4Br2.CH3/c1-47(2)33-11-9-17-43-45(33)49(39-13-5-7-15-41(39)51-43)37-25-23-31(27-35(37)47)29-19-21-30(22-20-29)32-24-26-38-36(28-32)48(3,4)34-12-10-18-44-46(34)50(38)40-14-6-8-16-42(40)52-44;1-25(2)18-10-9-13-23-24(18)29(21-11-7-8-12-22(21)30-23)20-15-14-17(16-19(20)25)28-31-26(3,4)27(5,6)32-28;7-5-1-2-6(8)4-3-5;/h5-28H,1-4H3;7-16H,1-6H3;1-4H;1H3/q;;;-1. The van der Waals surface area contributed by atoms with Gasteiger partial charge in [0.1, 0.15) is 0 Å². The first kappa shape index (κ1) is 60.4. The molecule has 0 atom stereocenters. The molecule has 0 radical (unpaired) electrons. The maximum Gasteiger partial charge on any atom is 0.494 e. The van der Waals surface area contributed by atoms with Gasteiger partial charge in [-0.1, -0.05) is 195 Å². The molecule has 7 aliphatic rings. The van der Waals surface area contributed by atoms with E-state index in [1.807, 2.05) is 48.5 Å². The summed E-state index contributed by atoms with van der Waals surface area (Å²) in [6, 6.07) is 81.7. The smallest absolute Gasteiger partial charge is 0.453 e. The van der Waals surface area contributed by atoms with Crippen LogP contribution in [0, 0.1) is 7.43 Å². The van der Waals surface area contributed by atoms with Crippen molar-refractivity contribution in [3.05, 3.63) is 280 Å². The van der Waals surface area contributed by atoms with Crippen molar-refractivity contribution in [2.75, 3.05) is 14.7 Å². The Bertz CT molecular complexity index is 4630. The SMILES string of the molecule is Brc1ccc(Br)cc1.CC1(C)c2cc(-c3ccc(-c4ccc5c(c4)C(C)(C)c4cccc6c4N5c4ccccc4O6)cc3)ccc2N2c3ccccc3Oc3cccc1c32.CC1(C)c2cc(B3OC(C)(C)C(C)(C)O3)ccc2N2c3ccccc3Oc3cccc1c32.[CH3-]. The van der Waals surface area contributed by atoms with Crippen LogP contribution in [0.4, 0.5) is 51.2 Å². The average molecular weight is 1350 g/mol. The minimum atomic E-state index is -0.384. The normalized spacial score (nSPS) is 16.8. The number of benzene rings is 11. The molecule has 0 saturated carbocycles. The molecular weight excluding hydrogens is 1280 g/mol. The molecule has 11 aromatic rings. The van der Waals surface area contributed by atoms with Crippen molar-refractivity contribution in [3.8, 4) is 56.8 Å². The highest BCUT2D eigenvalue weighted by molar-refractivity contribution is 9.11. The van der Waals surface area contributed by atoms with Crippen LogP contribution in [0.25, 0.3) is 22.3 Å². The number of para-hydroxylation sites is 9. The lowest BCUT2D eigenvalue weighted by atomic mass is 9.69.